The monoisotopic (exact) mass is 487 g/mol. The molecule has 1 fully saturated rings. The molecule has 0 unspecified atom stereocenters. The highest BCUT2D eigenvalue weighted by atomic mass is 32.2. The predicted molar refractivity (Wildman–Crippen MR) is 141 cm³/mol. The van der Waals surface area contributed by atoms with Crippen molar-refractivity contribution in [3.63, 3.8) is 0 Å². The van der Waals surface area contributed by atoms with Crippen LogP contribution in [0.25, 0.3) is 23.0 Å². The van der Waals surface area contributed by atoms with Crippen LogP contribution in [0.2, 0.25) is 0 Å². The number of hydrogen-bond donors (Lipinski definition) is 1. The second-order valence-corrected chi connectivity index (χ2v) is 10.4. The van der Waals surface area contributed by atoms with Crippen molar-refractivity contribution in [1.82, 2.24) is 9.38 Å². The lowest BCUT2D eigenvalue weighted by molar-refractivity contribution is 0.461. The highest BCUT2D eigenvalue weighted by Crippen LogP contribution is 2.37. The Morgan fingerprint density at radius 1 is 1.00 bits per heavy atom. The molecule has 1 N–H and O–H groups in total. The van der Waals surface area contributed by atoms with Gasteiger partial charge in [0.1, 0.15) is 17.2 Å². The van der Waals surface area contributed by atoms with Crippen molar-refractivity contribution in [2.24, 2.45) is 0 Å². The van der Waals surface area contributed by atoms with Gasteiger partial charge in [-0.25, -0.2) is 4.98 Å². The predicted octanol–water partition coefficient (Wildman–Crippen LogP) is 6.43. The van der Waals surface area contributed by atoms with Gasteiger partial charge in [0, 0.05) is 17.8 Å². The molecule has 180 valence electrons. The molecule has 0 radical (unpaired) electrons. The summed E-state index contributed by atoms with van der Waals surface area (Å²) in [6.07, 6.45) is 9.42. The summed E-state index contributed by atoms with van der Waals surface area (Å²) in [5, 5.41) is 4.80. The molecule has 0 amide bonds. The molecule has 35 heavy (non-hydrogen) atoms. The Labute approximate surface area is 206 Å². The summed E-state index contributed by atoms with van der Waals surface area (Å²) in [5.41, 5.74) is 4.00. The van der Waals surface area contributed by atoms with Gasteiger partial charge in [-0.2, -0.15) is 8.42 Å². The van der Waals surface area contributed by atoms with Crippen LogP contribution in [0.3, 0.4) is 0 Å². The van der Waals surface area contributed by atoms with Crippen molar-refractivity contribution in [3.05, 3.63) is 89.5 Å². The topological polar surface area (TPSA) is 72.7 Å². The quantitative estimate of drug-likeness (QED) is 0.304. The van der Waals surface area contributed by atoms with Crippen molar-refractivity contribution in [3.8, 4) is 17.0 Å². The molecule has 2 heterocycles. The number of benzene rings is 2. The van der Waals surface area contributed by atoms with Crippen LogP contribution < -0.4 is 9.50 Å². The summed E-state index contributed by atoms with van der Waals surface area (Å²) in [5.74, 6) is 1.11. The third-order valence-corrected chi connectivity index (χ3v) is 7.18. The molecule has 4 aromatic rings. The van der Waals surface area contributed by atoms with Gasteiger partial charge in [0.25, 0.3) is 0 Å². The minimum Gasteiger partial charge on any atom is -0.379 e. The molecule has 6 nitrogen and oxygen atoms in total. The van der Waals surface area contributed by atoms with Crippen molar-refractivity contribution in [1.29, 1.82) is 0 Å². The minimum atomic E-state index is -3.98. The summed E-state index contributed by atoms with van der Waals surface area (Å²) in [7, 11) is -3.98. The van der Waals surface area contributed by atoms with Gasteiger partial charge in [-0.05, 0) is 61.2 Å². The highest BCUT2D eigenvalue weighted by molar-refractivity contribution is 7.90. The van der Waals surface area contributed by atoms with E-state index in [4.69, 9.17) is 9.17 Å². The van der Waals surface area contributed by atoms with E-state index in [1.807, 2.05) is 72.1 Å². The molecule has 1 saturated carbocycles. The first-order chi connectivity index (χ1) is 17.0. The molecule has 2 aromatic carbocycles. The van der Waals surface area contributed by atoms with Gasteiger partial charge in [0.2, 0.25) is 0 Å². The SMILES string of the molecule is Cc1ccn2c(NC3CCCCC3)c(-c3ccccc3OS(=O)(=O)C=Cc3ccccc3)nc2c1. The Morgan fingerprint density at radius 2 is 1.74 bits per heavy atom. The number of anilines is 1. The van der Waals surface area contributed by atoms with E-state index in [1.54, 1.807) is 12.1 Å². The Hall–Kier alpha value is -3.58. The van der Waals surface area contributed by atoms with Gasteiger partial charge in [0.15, 0.2) is 5.75 Å². The summed E-state index contributed by atoms with van der Waals surface area (Å²) in [6.45, 7) is 2.03. The Kier molecular flexibility index (Phi) is 6.59. The van der Waals surface area contributed by atoms with E-state index in [-0.39, 0.29) is 5.75 Å². The normalized spacial score (nSPS) is 15.0. The zero-order chi connectivity index (χ0) is 24.3. The fourth-order valence-electron chi connectivity index (χ4n) is 4.53. The maximum absolute atomic E-state index is 12.8. The van der Waals surface area contributed by atoms with Gasteiger partial charge < -0.3 is 9.50 Å². The third-order valence-electron chi connectivity index (χ3n) is 6.30. The van der Waals surface area contributed by atoms with E-state index < -0.39 is 10.1 Å². The number of hydrogen-bond acceptors (Lipinski definition) is 5. The molecule has 1 aliphatic rings. The zero-order valence-electron chi connectivity index (χ0n) is 19.7. The molecule has 0 saturated heterocycles. The van der Waals surface area contributed by atoms with Crippen LogP contribution in [0.4, 0.5) is 5.82 Å². The summed E-state index contributed by atoms with van der Waals surface area (Å²) in [4.78, 5) is 4.90. The number of fused-ring (bicyclic) bond motifs is 1. The van der Waals surface area contributed by atoms with Crippen LogP contribution in [0, 0.1) is 6.92 Å². The lowest BCUT2D eigenvalue weighted by Crippen LogP contribution is -2.23. The number of para-hydroxylation sites is 1. The average molecular weight is 488 g/mol. The second-order valence-electron chi connectivity index (χ2n) is 9.01. The van der Waals surface area contributed by atoms with Gasteiger partial charge >= 0.3 is 10.1 Å². The Morgan fingerprint density at radius 3 is 2.54 bits per heavy atom. The first-order valence-electron chi connectivity index (χ1n) is 12.0. The maximum atomic E-state index is 12.8. The van der Waals surface area contributed by atoms with Gasteiger partial charge in [-0.3, -0.25) is 4.40 Å². The number of pyridine rings is 1. The van der Waals surface area contributed by atoms with E-state index >= 15 is 0 Å². The number of imidazole rings is 1. The van der Waals surface area contributed by atoms with Gasteiger partial charge in [-0.15, -0.1) is 0 Å². The van der Waals surface area contributed by atoms with E-state index in [0.29, 0.717) is 17.3 Å². The number of aromatic nitrogens is 2. The van der Waals surface area contributed by atoms with Crippen LogP contribution in [0.5, 0.6) is 5.75 Å². The van der Waals surface area contributed by atoms with E-state index in [1.165, 1.54) is 25.3 Å². The molecule has 5 rings (SSSR count). The second kappa shape index (κ2) is 9.96. The highest BCUT2D eigenvalue weighted by Gasteiger charge is 2.23. The van der Waals surface area contributed by atoms with Crippen LogP contribution in [0.15, 0.2) is 78.3 Å². The average Bonchev–Trinajstić information content (AvgIpc) is 3.21. The van der Waals surface area contributed by atoms with Crippen molar-refractivity contribution in [2.75, 3.05) is 5.32 Å². The molecule has 7 heteroatoms. The number of nitrogens with zero attached hydrogens (tertiary/aromatic N) is 2. The minimum absolute atomic E-state index is 0.247. The third kappa shape index (κ3) is 5.41. The molecule has 0 atom stereocenters. The van der Waals surface area contributed by atoms with E-state index in [0.717, 1.165) is 40.8 Å². The largest absolute Gasteiger partial charge is 0.379 e. The summed E-state index contributed by atoms with van der Waals surface area (Å²) >= 11 is 0. The molecule has 0 spiro atoms. The molecule has 2 aromatic heterocycles. The summed E-state index contributed by atoms with van der Waals surface area (Å²) < 4.78 is 33.3. The zero-order valence-corrected chi connectivity index (χ0v) is 20.5. The molecular weight excluding hydrogens is 458 g/mol. The van der Waals surface area contributed by atoms with Crippen LogP contribution in [-0.2, 0) is 10.1 Å². The fourth-order valence-corrected chi connectivity index (χ4v) is 5.30. The van der Waals surface area contributed by atoms with Gasteiger partial charge in [-0.1, -0.05) is 61.7 Å². The van der Waals surface area contributed by atoms with E-state index in [9.17, 15) is 8.42 Å². The first kappa shape index (κ1) is 23.2. The standard InChI is InChI=1S/C28H29N3O3S/c1-21-16-18-31-26(20-21)30-27(28(31)29-23-12-6-3-7-13-23)24-14-8-9-15-25(24)34-35(32,33)19-17-22-10-4-2-5-11-22/h2,4-5,8-11,14-20,23,29H,3,6-7,12-13H2,1H3. The van der Waals surface area contributed by atoms with Crippen LogP contribution in [-0.4, -0.2) is 23.8 Å². The lowest BCUT2D eigenvalue weighted by Gasteiger charge is -2.24. The molecule has 0 bridgehead atoms. The molecule has 0 aliphatic heterocycles. The van der Waals surface area contributed by atoms with Crippen LogP contribution >= 0.6 is 0 Å². The van der Waals surface area contributed by atoms with Crippen molar-refractivity contribution in [2.45, 2.75) is 45.1 Å². The van der Waals surface area contributed by atoms with Crippen LogP contribution in [0.1, 0.15) is 43.2 Å². The number of nitrogens with one attached hydrogen (secondary N) is 1. The Balaban J connectivity index is 1.53. The smallest absolute Gasteiger partial charge is 0.332 e. The van der Waals surface area contributed by atoms with Crippen molar-refractivity contribution >= 4 is 27.7 Å². The van der Waals surface area contributed by atoms with E-state index in [2.05, 4.69) is 5.32 Å². The lowest BCUT2D eigenvalue weighted by atomic mass is 9.95. The summed E-state index contributed by atoms with van der Waals surface area (Å²) in [6, 6.07) is 20.9. The first-order valence-corrected chi connectivity index (χ1v) is 13.5. The fraction of sp³-hybridized carbons (Fsp3) is 0.250. The Bertz CT molecular complexity index is 1450. The van der Waals surface area contributed by atoms with Crippen molar-refractivity contribution < 1.29 is 12.6 Å². The maximum Gasteiger partial charge on any atom is 0.332 e. The number of rotatable bonds is 7. The molecular formula is C28H29N3O3S. The van der Waals surface area contributed by atoms with Gasteiger partial charge in [0.05, 0.1) is 5.41 Å². The number of aryl methyl sites for hydroxylation is 1. The molecule has 1 aliphatic carbocycles.